The molecule has 0 radical (unpaired) electrons. The Morgan fingerprint density at radius 2 is 2.14 bits per heavy atom. The Bertz CT molecular complexity index is 935. The van der Waals surface area contributed by atoms with Crippen LogP contribution < -0.4 is 5.32 Å². The van der Waals surface area contributed by atoms with Gasteiger partial charge in [-0.1, -0.05) is 13.8 Å². The molecular weight excluding hydrogens is 372 g/mol. The van der Waals surface area contributed by atoms with E-state index in [0.717, 1.165) is 46.2 Å². The van der Waals surface area contributed by atoms with E-state index in [-0.39, 0.29) is 11.9 Å². The van der Waals surface area contributed by atoms with Gasteiger partial charge >= 0.3 is 0 Å². The van der Waals surface area contributed by atoms with Gasteiger partial charge in [-0.15, -0.1) is 11.3 Å². The number of likely N-dealkylation sites (tertiary alicyclic amines) is 1. The van der Waals surface area contributed by atoms with Gasteiger partial charge in [-0.25, -0.2) is 0 Å². The third-order valence-corrected chi connectivity index (χ3v) is 6.43. The van der Waals surface area contributed by atoms with Crippen LogP contribution in [0.3, 0.4) is 0 Å². The molecule has 1 aliphatic heterocycles. The largest absolute Gasteiger partial charge is 0.468 e. The van der Waals surface area contributed by atoms with Gasteiger partial charge < -0.3 is 9.73 Å². The number of hydrogen-bond acceptors (Lipinski definition) is 5. The van der Waals surface area contributed by atoms with Gasteiger partial charge in [-0.3, -0.25) is 14.4 Å². The van der Waals surface area contributed by atoms with Crippen molar-refractivity contribution in [2.24, 2.45) is 5.92 Å². The lowest BCUT2D eigenvalue weighted by molar-refractivity contribution is 0.0938. The SMILES string of the molecule is Cc1nn(CC(C)C)c2sc(C(=O)NCC(c3ccco3)N3CCCC3)cc12. The Kier molecular flexibility index (Phi) is 5.55. The molecular formula is C21H28N4O2S. The fraction of sp³-hybridized carbons (Fsp3) is 0.524. The van der Waals surface area contributed by atoms with Gasteiger partial charge in [0.2, 0.25) is 0 Å². The van der Waals surface area contributed by atoms with Gasteiger partial charge in [0.15, 0.2) is 0 Å². The summed E-state index contributed by atoms with van der Waals surface area (Å²) in [6, 6.07) is 5.98. The van der Waals surface area contributed by atoms with Crippen LogP contribution in [-0.2, 0) is 6.54 Å². The zero-order chi connectivity index (χ0) is 19.7. The number of nitrogens with zero attached hydrogens (tertiary/aromatic N) is 3. The predicted octanol–water partition coefficient (Wildman–Crippen LogP) is 4.22. The molecule has 4 heterocycles. The van der Waals surface area contributed by atoms with Gasteiger partial charge in [0.1, 0.15) is 10.6 Å². The van der Waals surface area contributed by atoms with Crippen LogP contribution in [0.25, 0.3) is 10.2 Å². The summed E-state index contributed by atoms with van der Waals surface area (Å²) in [5, 5.41) is 8.84. The topological polar surface area (TPSA) is 63.3 Å². The minimum atomic E-state index is -0.0209. The van der Waals surface area contributed by atoms with Crippen molar-refractivity contribution >= 4 is 27.5 Å². The Morgan fingerprint density at radius 1 is 1.36 bits per heavy atom. The molecule has 0 aliphatic carbocycles. The molecule has 1 N–H and O–H groups in total. The standard InChI is InChI=1S/C21H28N4O2S/c1-14(2)13-25-21-16(15(3)23-25)11-19(28-21)20(26)22-12-17(18-7-6-10-27-18)24-8-4-5-9-24/h6-7,10-11,14,17H,4-5,8-9,12-13H2,1-3H3,(H,22,26). The second kappa shape index (κ2) is 8.09. The maximum Gasteiger partial charge on any atom is 0.261 e. The minimum Gasteiger partial charge on any atom is -0.468 e. The highest BCUT2D eigenvalue weighted by atomic mass is 32.1. The molecule has 0 aromatic carbocycles. The first-order valence-corrected chi connectivity index (χ1v) is 10.9. The van der Waals surface area contributed by atoms with E-state index in [1.54, 1.807) is 6.26 Å². The average molecular weight is 401 g/mol. The Balaban J connectivity index is 1.49. The number of furan rings is 1. The molecule has 28 heavy (non-hydrogen) atoms. The third kappa shape index (κ3) is 3.86. The molecule has 1 unspecified atom stereocenters. The summed E-state index contributed by atoms with van der Waals surface area (Å²) in [6.07, 6.45) is 4.11. The van der Waals surface area contributed by atoms with Gasteiger partial charge in [0.25, 0.3) is 5.91 Å². The summed E-state index contributed by atoms with van der Waals surface area (Å²) in [7, 11) is 0. The molecule has 0 saturated carbocycles. The number of nitrogens with one attached hydrogen (secondary N) is 1. The molecule has 4 rings (SSSR count). The normalized spacial score (nSPS) is 16.3. The summed E-state index contributed by atoms with van der Waals surface area (Å²) in [5.74, 6) is 1.41. The van der Waals surface area contributed by atoms with E-state index in [0.29, 0.717) is 12.5 Å². The van der Waals surface area contributed by atoms with Crippen LogP contribution >= 0.6 is 11.3 Å². The van der Waals surface area contributed by atoms with E-state index in [2.05, 4.69) is 29.2 Å². The van der Waals surface area contributed by atoms with Crippen LogP contribution in [-0.4, -0.2) is 40.2 Å². The van der Waals surface area contributed by atoms with Crippen LogP contribution in [0.2, 0.25) is 0 Å². The van der Waals surface area contributed by atoms with Crippen molar-refractivity contribution in [2.45, 2.75) is 46.2 Å². The van der Waals surface area contributed by atoms with E-state index in [9.17, 15) is 4.79 Å². The molecule has 150 valence electrons. The molecule has 1 fully saturated rings. The van der Waals surface area contributed by atoms with Crippen molar-refractivity contribution in [1.29, 1.82) is 0 Å². The number of carbonyl (C=O) groups is 1. The van der Waals surface area contributed by atoms with E-state index >= 15 is 0 Å². The lowest BCUT2D eigenvalue weighted by Gasteiger charge is -2.25. The number of rotatable bonds is 7. The van der Waals surface area contributed by atoms with Gasteiger partial charge in [-0.2, -0.15) is 5.10 Å². The Labute approximate surface area is 169 Å². The minimum absolute atomic E-state index is 0.0209. The van der Waals surface area contributed by atoms with Crippen molar-refractivity contribution in [2.75, 3.05) is 19.6 Å². The van der Waals surface area contributed by atoms with Crippen molar-refractivity contribution in [3.63, 3.8) is 0 Å². The van der Waals surface area contributed by atoms with Crippen molar-refractivity contribution in [3.05, 3.63) is 40.8 Å². The third-order valence-electron chi connectivity index (χ3n) is 5.28. The first kappa shape index (κ1) is 19.2. The smallest absolute Gasteiger partial charge is 0.261 e. The first-order chi connectivity index (χ1) is 13.5. The fourth-order valence-corrected chi connectivity index (χ4v) is 5.00. The Hall–Kier alpha value is -2.12. The number of aryl methyl sites for hydroxylation is 1. The molecule has 0 spiro atoms. The molecule has 1 saturated heterocycles. The highest BCUT2D eigenvalue weighted by Crippen LogP contribution is 2.29. The highest BCUT2D eigenvalue weighted by molar-refractivity contribution is 7.20. The van der Waals surface area contributed by atoms with Gasteiger partial charge in [0.05, 0.1) is 22.9 Å². The molecule has 7 heteroatoms. The maximum atomic E-state index is 12.9. The number of hydrogen-bond donors (Lipinski definition) is 1. The number of aromatic nitrogens is 2. The van der Waals surface area contributed by atoms with Crippen molar-refractivity contribution in [1.82, 2.24) is 20.0 Å². The number of thiophene rings is 1. The highest BCUT2D eigenvalue weighted by Gasteiger charge is 2.26. The average Bonchev–Trinajstić information content (AvgIpc) is 3.42. The summed E-state index contributed by atoms with van der Waals surface area (Å²) in [5.41, 5.74) is 0.983. The van der Waals surface area contributed by atoms with E-state index < -0.39 is 0 Å². The Morgan fingerprint density at radius 3 is 2.82 bits per heavy atom. The number of amides is 1. The number of fused-ring (bicyclic) bond motifs is 1. The van der Waals surface area contributed by atoms with Crippen LogP contribution in [0.4, 0.5) is 0 Å². The van der Waals surface area contributed by atoms with Crippen LogP contribution in [0.15, 0.2) is 28.9 Å². The summed E-state index contributed by atoms with van der Waals surface area (Å²) < 4.78 is 7.68. The van der Waals surface area contributed by atoms with Gasteiger partial charge in [-0.05, 0) is 57.0 Å². The zero-order valence-corrected chi connectivity index (χ0v) is 17.6. The first-order valence-electron chi connectivity index (χ1n) is 10.1. The van der Waals surface area contributed by atoms with Crippen molar-refractivity contribution in [3.8, 4) is 0 Å². The van der Waals surface area contributed by atoms with E-state index in [4.69, 9.17) is 4.42 Å². The molecule has 3 aromatic rings. The fourth-order valence-electron chi connectivity index (χ4n) is 3.91. The molecule has 1 aliphatic rings. The predicted molar refractivity (Wildman–Crippen MR) is 112 cm³/mol. The quantitative estimate of drug-likeness (QED) is 0.645. The van der Waals surface area contributed by atoms with Crippen LogP contribution in [0.1, 0.15) is 53.9 Å². The van der Waals surface area contributed by atoms with E-state index in [1.807, 2.05) is 29.8 Å². The zero-order valence-electron chi connectivity index (χ0n) is 16.8. The molecule has 0 bridgehead atoms. The maximum absolute atomic E-state index is 12.9. The van der Waals surface area contributed by atoms with Crippen LogP contribution in [0.5, 0.6) is 0 Å². The second-order valence-electron chi connectivity index (χ2n) is 7.98. The second-order valence-corrected chi connectivity index (χ2v) is 9.01. The molecule has 1 atom stereocenters. The molecule has 3 aromatic heterocycles. The van der Waals surface area contributed by atoms with Crippen molar-refractivity contribution < 1.29 is 9.21 Å². The lowest BCUT2D eigenvalue weighted by atomic mass is 10.2. The monoisotopic (exact) mass is 400 g/mol. The summed E-state index contributed by atoms with van der Waals surface area (Å²) in [6.45, 7) is 9.88. The van der Waals surface area contributed by atoms with E-state index in [1.165, 1.54) is 24.2 Å². The van der Waals surface area contributed by atoms with Gasteiger partial charge in [0, 0.05) is 18.5 Å². The molecule has 6 nitrogen and oxygen atoms in total. The number of carbonyl (C=O) groups excluding carboxylic acids is 1. The molecule has 1 amide bonds. The lowest BCUT2D eigenvalue weighted by Crippen LogP contribution is -2.36. The van der Waals surface area contributed by atoms with Crippen LogP contribution in [0, 0.1) is 12.8 Å². The summed E-state index contributed by atoms with van der Waals surface area (Å²) >= 11 is 1.53. The summed E-state index contributed by atoms with van der Waals surface area (Å²) in [4.78, 5) is 17.1.